The number of aromatic nitrogens is 5. The summed E-state index contributed by atoms with van der Waals surface area (Å²) in [5.41, 5.74) is 3.36. The number of thioether (sulfide) groups is 1. The van der Waals surface area contributed by atoms with Crippen molar-refractivity contribution in [1.82, 2.24) is 29.9 Å². The number of hydrogen-bond acceptors (Lipinski definition) is 8. The van der Waals surface area contributed by atoms with Crippen LogP contribution in [0.2, 0.25) is 5.02 Å². The molecule has 35 heavy (non-hydrogen) atoms. The maximum Gasteiger partial charge on any atom is 0.310 e. The lowest BCUT2D eigenvalue weighted by atomic mass is 9.98. The standard InChI is InChI=1S/C24H27ClN6O3S/c1-4-34-23(33)17-6-5-11-30(13-17)22(32)21-20(14-35-24-26-15(2)12-16(3)27-24)31(29-28-21)19-9-7-18(25)8-10-19/h7-10,12,17H,4-6,11,13-14H2,1-3H3. The van der Waals surface area contributed by atoms with E-state index in [1.165, 1.54) is 11.8 Å². The van der Waals surface area contributed by atoms with Gasteiger partial charge in [-0.2, -0.15) is 0 Å². The number of carbonyl (C=O) groups is 2. The molecule has 1 unspecified atom stereocenters. The Hall–Kier alpha value is -2.98. The smallest absolute Gasteiger partial charge is 0.310 e. The number of nitrogens with zero attached hydrogens (tertiary/aromatic N) is 6. The van der Waals surface area contributed by atoms with Crippen molar-refractivity contribution in [3.8, 4) is 5.69 Å². The first-order chi connectivity index (χ1) is 16.9. The van der Waals surface area contributed by atoms with Crippen LogP contribution in [0.15, 0.2) is 35.5 Å². The predicted molar refractivity (Wildman–Crippen MR) is 133 cm³/mol. The van der Waals surface area contributed by atoms with Crippen LogP contribution >= 0.6 is 23.4 Å². The van der Waals surface area contributed by atoms with Gasteiger partial charge in [-0.1, -0.05) is 28.6 Å². The molecule has 0 saturated carbocycles. The average molecular weight is 515 g/mol. The van der Waals surface area contributed by atoms with E-state index in [-0.39, 0.29) is 23.5 Å². The molecule has 3 heterocycles. The molecule has 0 radical (unpaired) electrons. The van der Waals surface area contributed by atoms with Crippen LogP contribution < -0.4 is 0 Å². The highest BCUT2D eigenvalue weighted by Gasteiger charge is 2.32. The van der Waals surface area contributed by atoms with Crippen LogP contribution in [0, 0.1) is 19.8 Å². The highest BCUT2D eigenvalue weighted by atomic mass is 35.5. The van der Waals surface area contributed by atoms with Crippen LogP contribution in [-0.4, -0.2) is 61.4 Å². The number of benzene rings is 1. The van der Waals surface area contributed by atoms with E-state index in [1.54, 1.807) is 28.6 Å². The average Bonchev–Trinajstić information content (AvgIpc) is 3.26. The van der Waals surface area contributed by atoms with Gasteiger partial charge in [-0.3, -0.25) is 9.59 Å². The van der Waals surface area contributed by atoms with Crippen molar-refractivity contribution in [2.75, 3.05) is 19.7 Å². The molecular weight excluding hydrogens is 488 g/mol. The summed E-state index contributed by atoms with van der Waals surface area (Å²) in [5.74, 6) is -0.469. The van der Waals surface area contributed by atoms with Crippen molar-refractivity contribution in [3.05, 3.63) is 58.1 Å². The molecule has 0 aliphatic carbocycles. The maximum absolute atomic E-state index is 13.6. The fourth-order valence-corrected chi connectivity index (χ4v) is 5.11. The molecule has 0 bridgehead atoms. The third-order valence-electron chi connectivity index (χ3n) is 5.67. The number of piperidine rings is 1. The first-order valence-corrected chi connectivity index (χ1v) is 12.8. The second-order valence-electron chi connectivity index (χ2n) is 8.34. The zero-order valence-corrected chi connectivity index (χ0v) is 21.5. The summed E-state index contributed by atoms with van der Waals surface area (Å²) >= 11 is 7.48. The number of amides is 1. The Kier molecular flexibility index (Phi) is 8.02. The summed E-state index contributed by atoms with van der Waals surface area (Å²) in [7, 11) is 0. The highest BCUT2D eigenvalue weighted by molar-refractivity contribution is 7.98. The van der Waals surface area contributed by atoms with E-state index in [4.69, 9.17) is 16.3 Å². The van der Waals surface area contributed by atoms with Gasteiger partial charge in [0.25, 0.3) is 5.91 Å². The molecule has 1 aromatic carbocycles. The molecule has 2 aromatic heterocycles. The highest BCUT2D eigenvalue weighted by Crippen LogP contribution is 2.26. The molecule has 11 heteroatoms. The van der Waals surface area contributed by atoms with Gasteiger partial charge in [0.15, 0.2) is 10.9 Å². The molecule has 4 rings (SSSR count). The van der Waals surface area contributed by atoms with Gasteiger partial charge in [-0.05, 0) is 63.9 Å². The second-order valence-corrected chi connectivity index (χ2v) is 9.72. The minimum Gasteiger partial charge on any atom is -0.466 e. The molecule has 3 aromatic rings. The molecule has 1 fully saturated rings. The normalized spacial score (nSPS) is 15.8. The minimum absolute atomic E-state index is 0.251. The van der Waals surface area contributed by atoms with E-state index in [9.17, 15) is 9.59 Å². The molecule has 1 aliphatic heterocycles. The van der Waals surface area contributed by atoms with E-state index in [0.29, 0.717) is 47.7 Å². The minimum atomic E-state index is -0.333. The van der Waals surface area contributed by atoms with Crippen LogP contribution in [0.5, 0.6) is 0 Å². The van der Waals surface area contributed by atoms with Crippen LogP contribution in [-0.2, 0) is 15.3 Å². The van der Waals surface area contributed by atoms with Crippen molar-refractivity contribution >= 4 is 35.2 Å². The van der Waals surface area contributed by atoms with Gasteiger partial charge in [-0.25, -0.2) is 14.6 Å². The first kappa shape index (κ1) is 25.1. The summed E-state index contributed by atoms with van der Waals surface area (Å²) in [5, 5.41) is 9.77. The van der Waals surface area contributed by atoms with Gasteiger partial charge >= 0.3 is 5.97 Å². The molecule has 0 spiro atoms. The fourth-order valence-electron chi connectivity index (χ4n) is 4.04. The molecule has 1 atom stereocenters. The summed E-state index contributed by atoms with van der Waals surface area (Å²) < 4.78 is 6.83. The number of aryl methyl sites for hydroxylation is 2. The number of likely N-dealkylation sites (tertiary alicyclic amines) is 1. The predicted octanol–water partition coefficient (Wildman–Crippen LogP) is 4.04. The molecular formula is C24H27ClN6O3S. The van der Waals surface area contributed by atoms with Crippen LogP contribution in [0.25, 0.3) is 5.69 Å². The van der Waals surface area contributed by atoms with Gasteiger partial charge in [0, 0.05) is 35.3 Å². The quantitative estimate of drug-likeness (QED) is 0.264. The summed E-state index contributed by atoms with van der Waals surface area (Å²) in [6, 6.07) is 9.08. The third-order valence-corrected chi connectivity index (χ3v) is 6.78. The van der Waals surface area contributed by atoms with E-state index in [2.05, 4.69) is 20.3 Å². The molecule has 1 saturated heterocycles. The Balaban J connectivity index is 1.63. The van der Waals surface area contributed by atoms with Crippen molar-refractivity contribution in [1.29, 1.82) is 0 Å². The monoisotopic (exact) mass is 514 g/mol. The Morgan fingerprint density at radius 3 is 2.57 bits per heavy atom. The Bertz CT molecular complexity index is 1200. The van der Waals surface area contributed by atoms with Gasteiger partial charge in [0.1, 0.15) is 0 Å². The van der Waals surface area contributed by atoms with Crippen LogP contribution in [0.1, 0.15) is 47.3 Å². The van der Waals surface area contributed by atoms with Gasteiger partial charge in [0.2, 0.25) is 0 Å². The maximum atomic E-state index is 13.6. The Labute approximate surface area is 213 Å². The van der Waals surface area contributed by atoms with E-state index < -0.39 is 0 Å². The zero-order chi connectivity index (χ0) is 24.9. The van der Waals surface area contributed by atoms with E-state index in [1.807, 2.05) is 32.0 Å². The second kappa shape index (κ2) is 11.2. The zero-order valence-electron chi connectivity index (χ0n) is 19.9. The molecule has 1 amide bonds. The van der Waals surface area contributed by atoms with Crippen molar-refractivity contribution in [2.45, 2.75) is 44.5 Å². The van der Waals surface area contributed by atoms with Crippen molar-refractivity contribution in [2.24, 2.45) is 5.92 Å². The van der Waals surface area contributed by atoms with Crippen LogP contribution in [0.3, 0.4) is 0 Å². The van der Waals surface area contributed by atoms with Gasteiger partial charge < -0.3 is 9.64 Å². The first-order valence-electron chi connectivity index (χ1n) is 11.5. The number of esters is 1. The third kappa shape index (κ3) is 5.99. The number of rotatable bonds is 7. The van der Waals surface area contributed by atoms with E-state index in [0.717, 1.165) is 23.5 Å². The Morgan fingerprint density at radius 2 is 1.89 bits per heavy atom. The number of halogens is 1. The van der Waals surface area contributed by atoms with Gasteiger partial charge in [-0.15, -0.1) is 5.10 Å². The molecule has 184 valence electrons. The van der Waals surface area contributed by atoms with Crippen molar-refractivity contribution in [3.63, 3.8) is 0 Å². The summed E-state index contributed by atoms with van der Waals surface area (Å²) in [6.07, 6.45) is 1.42. The molecule has 1 aliphatic rings. The lowest BCUT2D eigenvalue weighted by Gasteiger charge is -2.31. The number of carbonyl (C=O) groups excluding carboxylic acids is 2. The van der Waals surface area contributed by atoms with Crippen LogP contribution in [0.4, 0.5) is 0 Å². The molecule has 0 N–H and O–H groups in total. The fraction of sp³-hybridized carbons (Fsp3) is 0.417. The lowest BCUT2D eigenvalue weighted by Crippen LogP contribution is -2.43. The van der Waals surface area contributed by atoms with E-state index >= 15 is 0 Å². The SMILES string of the molecule is CCOC(=O)C1CCCN(C(=O)c2nnn(-c3ccc(Cl)cc3)c2CSc2nc(C)cc(C)n2)C1. The largest absolute Gasteiger partial charge is 0.466 e. The number of hydrogen-bond donors (Lipinski definition) is 0. The number of ether oxygens (including phenoxy) is 1. The Morgan fingerprint density at radius 1 is 1.17 bits per heavy atom. The topological polar surface area (TPSA) is 103 Å². The van der Waals surface area contributed by atoms with Gasteiger partial charge in [0.05, 0.1) is 23.9 Å². The summed E-state index contributed by atoms with van der Waals surface area (Å²) in [4.78, 5) is 36.5. The lowest BCUT2D eigenvalue weighted by molar-refractivity contribution is -0.149. The molecule has 9 nitrogen and oxygen atoms in total. The summed E-state index contributed by atoms with van der Waals surface area (Å²) in [6.45, 7) is 6.79. The van der Waals surface area contributed by atoms with Crippen molar-refractivity contribution < 1.29 is 14.3 Å².